The first-order valence-corrected chi connectivity index (χ1v) is 6.20. The van der Waals surface area contributed by atoms with Crippen LogP contribution in [0.1, 0.15) is 13.3 Å². The number of rotatable bonds is 5. The predicted octanol–water partition coefficient (Wildman–Crippen LogP) is 4.28. The van der Waals surface area contributed by atoms with Crippen LogP contribution >= 0.6 is 11.6 Å². The Labute approximate surface area is 129 Å². The van der Waals surface area contributed by atoms with E-state index in [0.29, 0.717) is 0 Å². The highest BCUT2D eigenvalue weighted by Gasteiger charge is 2.73. The van der Waals surface area contributed by atoms with Gasteiger partial charge in [0, 0.05) is 0 Å². The van der Waals surface area contributed by atoms with E-state index in [1.165, 1.54) is 13.0 Å². The quantitative estimate of drug-likeness (QED) is 0.238. The lowest BCUT2D eigenvalue weighted by molar-refractivity contribution is -0.535. The minimum Gasteiger partial charge on any atom is -0.483 e. The van der Waals surface area contributed by atoms with Gasteiger partial charge in [-0.25, -0.2) is 0 Å². The highest BCUT2D eigenvalue weighted by molar-refractivity contribution is 6.24. The van der Waals surface area contributed by atoms with Crippen molar-refractivity contribution in [2.45, 2.75) is 36.4 Å². The van der Waals surface area contributed by atoms with Gasteiger partial charge >= 0.3 is 23.0 Å². The maximum Gasteiger partial charge on any atom is 0.460 e. The number of hydrogen-bond acceptors (Lipinski definition) is 3. The zero-order chi connectivity index (χ0) is 18.3. The zero-order valence-corrected chi connectivity index (χ0v) is 12.0. The maximum absolute atomic E-state index is 13.2. The van der Waals surface area contributed by atoms with E-state index < -0.39 is 46.7 Å². The number of ether oxygens (including phenoxy) is 1. The number of alkyl halides is 8. The summed E-state index contributed by atoms with van der Waals surface area (Å²) >= 11 is 5.58. The molecule has 23 heavy (non-hydrogen) atoms. The SMILES string of the molecule is CC1=CCC(Cl)([N+](=O)[O-])C(OCC(F)(F)C(F)(F)C(F)(F)F)=C1. The summed E-state index contributed by atoms with van der Waals surface area (Å²) in [7, 11) is 0. The van der Waals surface area contributed by atoms with Crippen LogP contribution in [0.4, 0.5) is 30.7 Å². The molecule has 0 saturated carbocycles. The molecule has 0 spiro atoms. The van der Waals surface area contributed by atoms with Gasteiger partial charge in [0.25, 0.3) is 0 Å². The van der Waals surface area contributed by atoms with Crippen molar-refractivity contribution < 1.29 is 40.4 Å². The van der Waals surface area contributed by atoms with Crippen molar-refractivity contribution in [2.24, 2.45) is 0 Å². The Balaban J connectivity index is 3.03. The van der Waals surface area contributed by atoms with Gasteiger partial charge in [0.15, 0.2) is 12.4 Å². The van der Waals surface area contributed by atoms with Gasteiger partial charge in [-0.05, 0) is 24.6 Å². The summed E-state index contributed by atoms with van der Waals surface area (Å²) in [5, 5.41) is 10.9. The van der Waals surface area contributed by atoms with Crippen molar-refractivity contribution >= 4 is 11.6 Å². The van der Waals surface area contributed by atoms with E-state index in [-0.39, 0.29) is 5.57 Å². The number of nitrogens with zero attached hydrogens (tertiary/aromatic N) is 1. The third-order valence-corrected chi connectivity index (χ3v) is 3.42. The van der Waals surface area contributed by atoms with E-state index in [1.807, 2.05) is 0 Å². The molecule has 0 radical (unpaired) electrons. The van der Waals surface area contributed by atoms with Crippen molar-refractivity contribution in [3.63, 3.8) is 0 Å². The van der Waals surface area contributed by atoms with Crippen molar-refractivity contribution in [1.82, 2.24) is 0 Å². The molecule has 12 heteroatoms. The fourth-order valence-electron chi connectivity index (χ4n) is 1.56. The topological polar surface area (TPSA) is 52.4 Å². The first kappa shape index (κ1) is 19.5. The highest BCUT2D eigenvalue weighted by atomic mass is 35.5. The first-order valence-electron chi connectivity index (χ1n) is 5.82. The van der Waals surface area contributed by atoms with E-state index in [4.69, 9.17) is 11.6 Å². The molecule has 0 bridgehead atoms. The average Bonchev–Trinajstić information content (AvgIpc) is 2.38. The summed E-state index contributed by atoms with van der Waals surface area (Å²) in [6.07, 6.45) is -4.95. The number of allylic oxidation sites excluding steroid dienone is 2. The van der Waals surface area contributed by atoms with E-state index in [9.17, 15) is 40.8 Å². The van der Waals surface area contributed by atoms with Gasteiger partial charge in [0.05, 0.1) is 11.3 Å². The van der Waals surface area contributed by atoms with Gasteiger partial charge in [0.1, 0.15) is 0 Å². The summed E-state index contributed by atoms with van der Waals surface area (Å²) in [5.41, 5.74) is 0.282. The number of hydrogen-bond donors (Lipinski definition) is 0. The molecule has 1 atom stereocenters. The van der Waals surface area contributed by atoms with Crippen LogP contribution in [0.3, 0.4) is 0 Å². The molecular weight excluding hydrogens is 363 g/mol. The Morgan fingerprint density at radius 3 is 2.26 bits per heavy atom. The monoisotopic (exact) mass is 371 g/mol. The lowest BCUT2D eigenvalue weighted by Gasteiger charge is -2.30. The standard InChI is InChI=1S/C11H9ClF7NO3/c1-6-2-3-8(12,20(21)22)7(4-6)23-5-9(13,14)10(15,16)11(17,18)19/h2,4H,3,5H2,1H3. The molecule has 1 aliphatic rings. The van der Waals surface area contributed by atoms with Gasteiger partial charge in [0.2, 0.25) is 0 Å². The van der Waals surface area contributed by atoms with E-state index in [0.717, 1.165) is 6.08 Å². The molecule has 4 nitrogen and oxygen atoms in total. The molecular formula is C11H9ClF7NO3. The Kier molecular flexibility index (Phi) is 4.96. The van der Waals surface area contributed by atoms with E-state index >= 15 is 0 Å². The number of halogens is 8. The van der Waals surface area contributed by atoms with Crippen molar-refractivity contribution in [1.29, 1.82) is 0 Å². The fraction of sp³-hybridized carbons (Fsp3) is 0.636. The molecule has 0 N–H and O–H groups in total. The molecule has 0 fully saturated rings. The Morgan fingerprint density at radius 1 is 1.30 bits per heavy atom. The lowest BCUT2D eigenvalue weighted by Crippen LogP contribution is -2.54. The Bertz CT molecular complexity index is 558. The second kappa shape index (κ2) is 5.84. The molecule has 1 rings (SSSR count). The second-order valence-electron chi connectivity index (χ2n) is 4.74. The molecule has 0 saturated heterocycles. The van der Waals surface area contributed by atoms with Gasteiger partial charge in [-0.3, -0.25) is 10.1 Å². The first-order chi connectivity index (χ1) is 10.1. The van der Waals surface area contributed by atoms with Gasteiger partial charge in [-0.2, -0.15) is 30.7 Å². The molecule has 132 valence electrons. The molecule has 1 aliphatic carbocycles. The van der Waals surface area contributed by atoms with Crippen LogP contribution in [0.2, 0.25) is 0 Å². The fourth-order valence-corrected chi connectivity index (χ4v) is 1.74. The molecule has 0 aromatic rings. The van der Waals surface area contributed by atoms with Gasteiger partial charge in [-0.15, -0.1) is 0 Å². The summed E-state index contributed by atoms with van der Waals surface area (Å²) in [6.45, 7) is -1.05. The van der Waals surface area contributed by atoms with E-state index in [2.05, 4.69) is 4.74 Å². The second-order valence-corrected chi connectivity index (χ2v) is 5.37. The predicted molar refractivity (Wildman–Crippen MR) is 63.9 cm³/mol. The summed E-state index contributed by atoms with van der Waals surface area (Å²) in [5.74, 6) is -13.0. The van der Waals surface area contributed by atoms with Crippen LogP contribution in [-0.4, -0.2) is 34.5 Å². The summed E-state index contributed by atoms with van der Waals surface area (Å²) in [4.78, 5) is 7.21. The van der Waals surface area contributed by atoms with Crippen LogP contribution in [0.25, 0.3) is 0 Å². The molecule has 0 aromatic heterocycles. The average molecular weight is 372 g/mol. The number of nitro groups is 1. The molecule has 0 aromatic carbocycles. The van der Waals surface area contributed by atoms with Crippen LogP contribution in [0.5, 0.6) is 0 Å². The third-order valence-electron chi connectivity index (χ3n) is 2.94. The zero-order valence-electron chi connectivity index (χ0n) is 11.3. The van der Waals surface area contributed by atoms with Gasteiger partial charge < -0.3 is 4.74 Å². The van der Waals surface area contributed by atoms with Gasteiger partial charge in [-0.1, -0.05) is 11.6 Å². The largest absolute Gasteiger partial charge is 0.483 e. The van der Waals surface area contributed by atoms with Crippen LogP contribution in [0.15, 0.2) is 23.5 Å². The third kappa shape index (κ3) is 3.54. The molecule has 0 heterocycles. The van der Waals surface area contributed by atoms with E-state index in [1.54, 1.807) is 0 Å². The van der Waals surface area contributed by atoms with Crippen LogP contribution < -0.4 is 0 Å². The summed E-state index contributed by atoms with van der Waals surface area (Å²) in [6, 6.07) is 0. The maximum atomic E-state index is 13.2. The lowest BCUT2D eigenvalue weighted by atomic mass is 10.0. The molecule has 0 aliphatic heterocycles. The van der Waals surface area contributed by atoms with Crippen LogP contribution in [0, 0.1) is 10.1 Å². The smallest absolute Gasteiger partial charge is 0.460 e. The Hall–Kier alpha value is -1.52. The van der Waals surface area contributed by atoms with Crippen LogP contribution in [-0.2, 0) is 4.74 Å². The molecule has 1 unspecified atom stereocenters. The highest BCUT2D eigenvalue weighted by Crippen LogP contribution is 2.47. The normalized spacial score (nSPS) is 23.2. The Morgan fingerprint density at radius 2 is 1.83 bits per heavy atom. The minimum absolute atomic E-state index is 0.282. The minimum atomic E-state index is -6.52. The molecule has 0 amide bonds. The summed E-state index contributed by atoms with van der Waals surface area (Å²) < 4.78 is 92.0. The van der Waals surface area contributed by atoms with Crippen molar-refractivity contribution in [2.75, 3.05) is 6.61 Å². The van der Waals surface area contributed by atoms with Crippen molar-refractivity contribution in [3.05, 3.63) is 33.6 Å². The van der Waals surface area contributed by atoms with Crippen molar-refractivity contribution in [3.8, 4) is 0 Å².